The summed E-state index contributed by atoms with van der Waals surface area (Å²) in [4.78, 5) is -0.800. The molecule has 0 aliphatic rings. The third-order valence-electron chi connectivity index (χ3n) is 5.13. The monoisotopic (exact) mass is 588 g/mol. The van der Waals surface area contributed by atoms with Crippen LogP contribution < -0.4 is 4.74 Å². The van der Waals surface area contributed by atoms with E-state index in [2.05, 4.69) is 0 Å². The van der Waals surface area contributed by atoms with Crippen LogP contribution >= 0.6 is 0 Å². The first kappa shape index (κ1) is 33.1. The Hall–Kier alpha value is -1.94. The van der Waals surface area contributed by atoms with Gasteiger partial charge in [-0.15, -0.1) is 0 Å². The van der Waals surface area contributed by atoms with Crippen LogP contribution in [0.1, 0.15) is 39.0 Å². The van der Waals surface area contributed by atoms with Crippen molar-refractivity contribution in [3.63, 3.8) is 0 Å². The summed E-state index contributed by atoms with van der Waals surface area (Å²) in [5.41, 5.74) is 0. The first-order valence-corrected chi connectivity index (χ1v) is 12.1. The van der Waals surface area contributed by atoms with Crippen molar-refractivity contribution < 1.29 is 70.2 Å². The molecule has 216 valence electrons. The van der Waals surface area contributed by atoms with Crippen molar-refractivity contribution >= 4 is 9.84 Å². The highest BCUT2D eigenvalue weighted by Crippen LogP contribution is 2.60. The molecule has 0 aromatic heterocycles. The van der Waals surface area contributed by atoms with Gasteiger partial charge in [0, 0.05) is 6.42 Å². The molecule has 1 aromatic rings. The zero-order chi connectivity index (χ0) is 29.1. The minimum atomic E-state index is -8.03. The van der Waals surface area contributed by atoms with Gasteiger partial charge in [-0.05, 0) is 30.7 Å². The molecule has 17 heteroatoms. The molecule has 1 aromatic carbocycles. The number of sulfone groups is 1. The Morgan fingerprint density at radius 2 is 1.16 bits per heavy atom. The summed E-state index contributed by atoms with van der Waals surface area (Å²) in [7, 11) is -4.97. The van der Waals surface area contributed by atoms with E-state index in [9.17, 15) is 65.5 Å². The van der Waals surface area contributed by atoms with E-state index in [4.69, 9.17) is 4.74 Å². The first-order valence-electron chi connectivity index (χ1n) is 10.4. The standard InChI is InChI=1S/C20H21F13O3S/c1-2-3-4-5-11-36-13-6-8-14(9-7-13)37(34,35)12-10-15(21,22)16(23,24)17(25,26)18(27,28)19(29,30)20(31,32)33/h6-9H,2-5,10-12H2,1H3. The highest BCUT2D eigenvalue weighted by atomic mass is 32.2. The molecule has 0 radical (unpaired) electrons. The van der Waals surface area contributed by atoms with Gasteiger partial charge in [0.25, 0.3) is 0 Å². The number of unbranched alkanes of at least 4 members (excludes halogenated alkanes) is 3. The van der Waals surface area contributed by atoms with Crippen molar-refractivity contribution in [2.75, 3.05) is 12.4 Å². The lowest BCUT2D eigenvalue weighted by Gasteiger charge is -2.39. The van der Waals surface area contributed by atoms with Gasteiger partial charge < -0.3 is 4.74 Å². The number of hydrogen-bond donors (Lipinski definition) is 0. The lowest BCUT2D eigenvalue weighted by Crippen LogP contribution is -2.70. The largest absolute Gasteiger partial charge is 0.494 e. The topological polar surface area (TPSA) is 43.4 Å². The summed E-state index contributed by atoms with van der Waals surface area (Å²) >= 11 is 0. The number of ether oxygens (including phenoxy) is 1. The van der Waals surface area contributed by atoms with Crippen LogP contribution in [-0.4, -0.2) is 56.6 Å². The molecule has 1 rings (SSSR count). The van der Waals surface area contributed by atoms with Crippen LogP contribution in [0, 0.1) is 0 Å². The number of benzene rings is 1. The predicted molar refractivity (Wildman–Crippen MR) is 104 cm³/mol. The molecule has 0 aliphatic carbocycles. The van der Waals surface area contributed by atoms with Crippen LogP contribution in [-0.2, 0) is 9.84 Å². The van der Waals surface area contributed by atoms with Crippen molar-refractivity contribution in [1.29, 1.82) is 0 Å². The third-order valence-corrected chi connectivity index (χ3v) is 6.86. The second kappa shape index (κ2) is 11.0. The van der Waals surface area contributed by atoms with Crippen molar-refractivity contribution in [3.8, 4) is 5.75 Å². The molecule has 0 spiro atoms. The Labute approximate surface area is 202 Å². The SMILES string of the molecule is CCCCCCOc1ccc(S(=O)(=O)CCC(F)(F)C(F)(F)C(F)(F)C(F)(F)C(F)(F)C(F)(F)F)cc1. The molecule has 0 saturated carbocycles. The van der Waals surface area contributed by atoms with Crippen LogP contribution in [0.5, 0.6) is 5.75 Å². The minimum absolute atomic E-state index is 0.125. The van der Waals surface area contributed by atoms with Crippen LogP contribution in [0.3, 0.4) is 0 Å². The first-order chi connectivity index (χ1) is 16.5. The van der Waals surface area contributed by atoms with Crippen LogP contribution in [0.2, 0.25) is 0 Å². The van der Waals surface area contributed by atoms with Gasteiger partial charge in [0.05, 0.1) is 17.3 Å². The summed E-state index contributed by atoms with van der Waals surface area (Å²) in [6.45, 7) is 2.20. The fraction of sp³-hybridized carbons (Fsp3) is 0.700. The van der Waals surface area contributed by atoms with E-state index in [-0.39, 0.29) is 12.4 Å². The average Bonchev–Trinajstić information content (AvgIpc) is 2.77. The van der Waals surface area contributed by atoms with E-state index >= 15 is 0 Å². The Balaban J connectivity index is 3.06. The van der Waals surface area contributed by atoms with Crippen molar-refractivity contribution in [2.24, 2.45) is 0 Å². The van der Waals surface area contributed by atoms with E-state index in [1.807, 2.05) is 6.92 Å². The van der Waals surface area contributed by atoms with Gasteiger partial charge in [0.1, 0.15) is 5.75 Å². The Bertz CT molecular complexity index is 988. The number of halogens is 13. The molecule has 0 heterocycles. The maximum Gasteiger partial charge on any atom is 0.460 e. The highest BCUT2D eigenvalue weighted by molar-refractivity contribution is 7.91. The Morgan fingerprint density at radius 1 is 0.676 bits per heavy atom. The fourth-order valence-corrected chi connectivity index (χ4v) is 4.11. The number of rotatable bonds is 14. The maximum atomic E-state index is 13.9. The van der Waals surface area contributed by atoms with E-state index in [1.54, 1.807) is 0 Å². The maximum absolute atomic E-state index is 13.9. The number of hydrogen-bond acceptors (Lipinski definition) is 3. The van der Waals surface area contributed by atoms with Gasteiger partial charge >= 0.3 is 35.8 Å². The van der Waals surface area contributed by atoms with Crippen molar-refractivity contribution in [1.82, 2.24) is 0 Å². The molecule has 0 amide bonds. The van der Waals surface area contributed by atoms with E-state index in [0.29, 0.717) is 6.42 Å². The van der Waals surface area contributed by atoms with Crippen LogP contribution in [0.4, 0.5) is 57.1 Å². The van der Waals surface area contributed by atoms with Crippen molar-refractivity contribution in [2.45, 2.75) is 79.7 Å². The van der Waals surface area contributed by atoms with Gasteiger partial charge in [0.2, 0.25) is 0 Å². The Kier molecular flexibility index (Phi) is 9.88. The molecule has 0 aliphatic heterocycles. The van der Waals surface area contributed by atoms with Crippen LogP contribution in [0.25, 0.3) is 0 Å². The predicted octanol–water partition coefficient (Wildman–Crippen LogP) is 7.55. The Morgan fingerprint density at radius 3 is 1.62 bits per heavy atom. The lowest BCUT2D eigenvalue weighted by atomic mass is 9.93. The van der Waals surface area contributed by atoms with Gasteiger partial charge in [-0.1, -0.05) is 26.2 Å². The zero-order valence-corrected chi connectivity index (χ0v) is 19.6. The van der Waals surface area contributed by atoms with E-state index in [0.717, 1.165) is 43.5 Å². The summed E-state index contributed by atoms with van der Waals surface area (Å²) < 4.78 is 200. The van der Waals surface area contributed by atoms with Gasteiger partial charge in [-0.2, -0.15) is 57.1 Å². The molecule has 0 bridgehead atoms. The molecule has 3 nitrogen and oxygen atoms in total. The smallest absolute Gasteiger partial charge is 0.460 e. The minimum Gasteiger partial charge on any atom is -0.494 e. The quantitative estimate of drug-likeness (QED) is 0.167. The molecule has 0 fully saturated rings. The number of alkyl halides is 13. The second-order valence-corrected chi connectivity index (χ2v) is 10.1. The van der Waals surface area contributed by atoms with Gasteiger partial charge in [-0.25, -0.2) is 8.42 Å². The normalized spacial score (nSPS) is 14.6. The molecule has 0 unspecified atom stereocenters. The molecule has 0 saturated heterocycles. The third kappa shape index (κ3) is 6.56. The lowest BCUT2D eigenvalue weighted by molar-refractivity contribution is -0.439. The average molecular weight is 588 g/mol. The molecule has 0 N–H and O–H groups in total. The molecule has 37 heavy (non-hydrogen) atoms. The van der Waals surface area contributed by atoms with Crippen molar-refractivity contribution in [3.05, 3.63) is 24.3 Å². The fourth-order valence-electron chi connectivity index (χ4n) is 2.80. The molecule has 0 atom stereocenters. The molecular formula is C20H21F13O3S. The van der Waals surface area contributed by atoms with Crippen LogP contribution in [0.15, 0.2) is 29.2 Å². The van der Waals surface area contributed by atoms with Gasteiger partial charge in [-0.3, -0.25) is 0 Å². The summed E-state index contributed by atoms with van der Waals surface area (Å²) in [6.07, 6.45) is -6.98. The second-order valence-electron chi connectivity index (χ2n) is 7.95. The summed E-state index contributed by atoms with van der Waals surface area (Å²) in [5.74, 6) is -39.8. The highest BCUT2D eigenvalue weighted by Gasteiger charge is 2.90. The zero-order valence-electron chi connectivity index (χ0n) is 18.8. The summed E-state index contributed by atoms with van der Waals surface area (Å²) in [6, 6.07) is 3.65. The van der Waals surface area contributed by atoms with E-state index in [1.165, 1.54) is 0 Å². The summed E-state index contributed by atoms with van der Waals surface area (Å²) in [5, 5.41) is 0. The van der Waals surface area contributed by atoms with E-state index < -0.39 is 62.7 Å². The molecular weight excluding hydrogens is 567 g/mol. The van der Waals surface area contributed by atoms with Gasteiger partial charge in [0.15, 0.2) is 9.84 Å².